The molecule has 0 radical (unpaired) electrons. The summed E-state index contributed by atoms with van der Waals surface area (Å²) in [7, 11) is 0. The van der Waals surface area contributed by atoms with Gasteiger partial charge in [-0.2, -0.15) is 13.2 Å². The van der Waals surface area contributed by atoms with Gasteiger partial charge in [-0.3, -0.25) is 9.59 Å². The summed E-state index contributed by atoms with van der Waals surface area (Å²) < 4.78 is 39.4. The lowest BCUT2D eigenvalue weighted by Crippen LogP contribution is -2.60. The molecule has 2 aliphatic heterocycles. The molecule has 0 spiro atoms. The monoisotopic (exact) mass is 460 g/mol. The van der Waals surface area contributed by atoms with Crippen molar-refractivity contribution in [3.63, 3.8) is 0 Å². The highest BCUT2D eigenvalue weighted by molar-refractivity contribution is 6.10. The summed E-state index contributed by atoms with van der Waals surface area (Å²) in [5, 5.41) is 5.50. The fraction of sp³-hybridized carbons (Fsp3) is 0.348. The molecule has 2 aliphatic rings. The van der Waals surface area contributed by atoms with E-state index in [1.54, 1.807) is 6.07 Å². The first-order valence-electron chi connectivity index (χ1n) is 10.7. The molecule has 174 valence electrons. The Morgan fingerprint density at radius 2 is 1.88 bits per heavy atom. The lowest BCUT2D eigenvalue weighted by molar-refractivity contribution is -0.137. The maximum atomic E-state index is 13.3. The average Bonchev–Trinajstić information content (AvgIpc) is 2.91. The number of halogens is 3. The van der Waals surface area contributed by atoms with Gasteiger partial charge in [-0.05, 0) is 41.8 Å². The molecule has 0 saturated carbocycles. The van der Waals surface area contributed by atoms with Crippen molar-refractivity contribution in [3.8, 4) is 11.1 Å². The van der Waals surface area contributed by atoms with Gasteiger partial charge >= 0.3 is 12.2 Å². The summed E-state index contributed by atoms with van der Waals surface area (Å²) in [6, 6.07) is 8.29. The number of hydrogen-bond acceptors (Lipinski definition) is 3. The van der Waals surface area contributed by atoms with Gasteiger partial charge in [0.1, 0.15) is 6.04 Å². The van der Waals surface area contributed by atoms with E-state index in [1.165, 1.54) is 34.1 Å². The Labute approximate surface area is 188 Å². The average molecular weight is 460 g/mol. The number of nitrogens with zero attached hydrogens (tertiary/aromatic N) is 2. The van der Waals surface area contributed by atoms with Crippen molar-refractivity contribution < 1.29 is 27.6 Å². The van der Waals surface area contributed by atoms with Crippen LogP contribution in [0.3, 0.4) is 0 Å². The third-order valence-electron chi connectivity index (χ3n) is 5.79. The Bertz CT molecular complexity index is 1100. The lowest BCUT2D eigenvalue weighted by Gasteiger charge is -2.39. The van der Waals surface area contributed by atoms with Crippen molar-refractivity contribution >= 4 is 23.5 Å². The number of amides is 4. The van der Waals surface area contributed by atoms with E-state index >= 15 is 0 Å². The van der Waals surface area contributed by atoms with Crippen LogP contribution < -0.4 is 10.6 Å². The topological polar surface area (TPSA) is 81.8 Å². The van der Waals surface area contributed by atoms with Gasteiger partial charge < -0.3 is 20.4 Å². The Kier molecular flexibility index (Phi) is 6.01. The molecule has 0 aromatic heterocycles. The molecule has 4 rings (SSSR count). The van der Waals surface area contributed by atoms with E-state index in [0.29, 0.717) is 17.7 Å². The molecule has 1 atom stereocenters. The first kappa shape index (κ1) is 22.6. The first-order chi connectivity index (χ1) is 15.7. The number of carbonyl (C=O) groups is 3. The van der Waals surface area contributed by atoms with Gasteiger partial charge in [0.25, 0.3) is 5.91 Å². The number of nitrogens with one attached hydrogen (secondary N) is 2. The number of alkyl halides is 3. The minimum absolute atomic E-state index is 0.0571. The fourth-order valence-electron chi connectivity index (χ4n) is 4.03. The van der Waals surface area contributed by atoms with Crippen LogP contribution in [0.25, 0.3) is 11.1 Å². The minimum atomic E-state index is -4.48. The molecular weight excluding hydrogens is 437 g/mol. The van der Waals surface area contributed by atoms with Crippen molar-refractivity contribution in [1.82, 2.24) is 15.1 Å². The van der Waals surface area contributed by atoms with E-state index in [9.17, 15) is 27.6 Å². The van der Waals surface area contributed by atoms with Crippen LogP contribution in [0.1, 0.15) is 29.3 Å². The van der Waals surface area contributed by atoms with E-state index in [4.69, 9.17) is 0 Å². The summed E-state index contributed by atoms with van der Waals surface area (Å²) in [6.45, 7) is 2.94. The summed E-state index contributed by atoms with van der Waals surface area (Å²) in [5.41, 5.74) is 0.442. The van der Waals surface area contributed by atoms with Gasteiger partial charge in [-0.25, -0.2) is 4.79 Å². The van der Waals surface area contributed by atoms with E-state index < -0.39 is 29.6 Å². The predicted molar refractivity (Wildman–Crippen MR) is 116 cm³/mol. The van der Waals surface area contributed by atoms with Gasteiger partial charge in [-0.15, -0.1) is 0 Å². The second-order valence-electron chi connectivity index (χ2n) is 8.02. The summed E-state index contributed by atoms with van der Waals surface area (Å²) >= 11 is 0. The van der Waals surface area contributed by atoms with Gasteiger partial charge in [0.2, 0.25) is 5.91 Å². The molecule has 0 aliphatic carbocycles. The normalized spacial score (nSPS) is 18.2. The quantitative estimate of drug-likeness (QED) is 0.735. The zero-order valence-corrected chi connectivity index (χ0v) is 17.9. The molecule has 4 amide bonds. The standard InChI is InChI=1S/C23H23F3N4O3/c1-2-8-27-22(33)29-9-10-30-19(13-29)20(31)28-18-7-6-15(12-17(18)21(30)32)14-4-3-5-16(11-14)23(24,25)26/h3-7,11-12,19H,2,8-10,13H2,1H3,(H,27,33)(H,28,31)/t19-/m0/s1. The van der Waals surface area contributed by atoms with Gasteiger partial charge in [-0.1, -0.05) is 25.1 Å². The van der Waals surface area contributed by atoms with Crippen LogP contribution in [-0.4, -0.2) is 59.9 Å². The molecule has 2 aromatic rings. The Hall–Kier alpha value is -3.56. The van der Waals surface area contributed by atoms with Crippen LogP contribution >= 0.6 is 0 Å². The van der Waals surface area contributed by atoms with Crippen LogP contribution in [-0.2, 0) is 11.0 Å². The molecule has 7 nitrogen and oxygen atoms in total. The SMILES string of the molecule is CCCNC(=O)N1CCN2C(=O)c3cc(-c4cccc(C(F)(F)F)c4)ccc3NC(=O)[C@@H]2C1. The van der Waals surface area contributed by atoms with Crippen LogP contribution in [0.15, 0.2) is 42.5 Å². The molecule has 1 fully saturated rings. The number of hydrogen-bond donors (Lipinski definition) is 2. The van der Waals surface area contributed by atoms with E-state index in [2.05, 4.69) is 10.6 Å². The van der Waals surface area contributed by atoms with Crippen LogP contribution in [0, 0.1) is 0 Å². The van der Waals surface area contributed by atoms with E-state index in [-0.39, 0.29) is 36.9 Å². The number of rotatable bonds is 3. The van der Waals surface area contributed by atoms with Gasteiger partial charge in [0, 0.05) is 19.6 Å². The Balaban J connectivity index is 1.62. The zero-order chi connectivity index (χ0) is 23.8. The fourth-order valence-corrected chi connectivity index (χ4v) is 4.03. The Morgan fingerprint density at radius 1 is 1.12 bits per heavy atom. The third-order valence-corrected chi connectivity index (χ3v) is 5.79. The number of benzene rings is 2. The van der Waals surface area contributed by atoms with E-state index in [1.807, 2.05) is 6.92 Å². The van der Waals surface area contributed by atoms with Crippen molar-refractivity contribution in [3.05, 3.63) is 53.6 Å². The smallest absolute Gasteiger partial charge is 0.338 e. The highest BCUT2D eigenvalue weighted by Crippen LogP contribution is 2.34. The summed E-state index contributed by atoms with van der Waals surface area (Å²) in [5.74, 6) is -0.822. The van der Waals surface area contributed by atoms with Gasteiger partial charge in [0.05, 0.1) is 23.4 Å². The maximum Gasteiger partial charge on any atom is 0.416 e. The minimum Gasteiger partial charge on any atom is -0.338 e. The number of fused-ring (bicyclic) bond motifs is 2. The molecular formula is C23H23F3N4O3. The number of anilines is 1. The van der Waals surface area contributed by atoms with Crippen molar-refractivity contribution in [1.29, 1.82) is 0 Å². The molecule has 2 heterocycles. The highest BCUT2D eigenvalue weighted by atomic mass is 19.4. The number of urea groups is 1. The Morgan fingerprint density at radius 3 is 2.61 bits per heavy atom. The number of carbonyl (C=O) groups excluding carboxylic acids is 3. The van der Waals surface area contributed by atoms with Crippen molar-refractivity contribution in [2.75, 3.05) is 31.5 Å². The first-order valence-corrected chi connectivity index (χ1v) is 10.7. The largest absolute Gasteiger partial charge is 0.416 e. The molecule has 0 unspecified atom stereocenters. The van der Waals surface area contributed by atoms with Crippen molar-refractivity contribution in [2.24, 2.45) is 0 Å². The maximum absolute atomic E-state index is 13.3. The second-order valence-corrected chi connectivity index (χ2v) is 8.02. The van der Waals surface area contributed by atoms with Gasteiger partial charge in [0.15, 0.2) is 0 Å². The third kappa shape index (κ3) is 4.50. The lowest BCUT2D eigenvalue weighted by atomic mass is 9.99. The van der Waals surface area contributed by atoms with Crippen LogP contribution in [0.5, 0.6) is 0 Å². The van der Waals surface area contributed by atoms with Crippen LogP contribution in [0.2, 0.25) is 0 Å². The van der Waals surface area contributed by atoms with Crippen molar-refractivity contribution in [2.45, 2.75) is 25.6 Å². The summed E-state index contributed by atoms with van der Waals surface area (Å²) in [4.78, 5) is 41.4. The molecule has 33 heavy (non-hydrogen) atoms. The zero-order valence-electron chi connectivity index (χ0n) is 17.9. The highest BCUT2D eigenvalue weighted by Gasteiger charge is 2.40. The molecule has 0 bridgehead atoms. The molecule has 1 saturated heterocycles. The summed E-state index contributed by atoms with van der Waals surface area (Å²) in [6.07, 6.45) is -3.71. The van der Waals surface area contributed by atoms with Crippen LogP contribution in [0.4, 0.5) is 23.7 Å². The molecule has 2 aromatic carbocycles. The second kappa shape index (κ2) is 8.76. The number of piperazine rings is 1. The van der Waals surface area contributed by atoms with E-state index in [0.717, 1.165) is 18.6 Å². The molecule has 2 N–H and O–H groups in total. The predicted octanol–water partition coefficient (Wildman–Crippen LogP) is 3.57. The molecule has 10 heteroatoms.